The lowest BCUT2D eigenvalue weighted by Crippen LogP contribution is -2.38. The molecule has 0 fully saturated rings. The molecular formula is C9H17NO4. The zero-order chi connectivity index (χ0) is 11.4. The maximum Gasteiger partial charge on any atom is 0.407 e. The molecule has 2 N–H and O–H groups in total. The Morgan fingerprint density at radius 2 is 1.93 bits per heavy atom. The van der Waals surface area contributed by atoms with Gasteiger partial charge in [-0.2, -0.15) is 0 Å². The van der Waals surface area contributed by atoms with Crippen molar-refractivity contribution in [2.24, 2.45) is 0 Å². The van der Waals surface area contributed by atoms with Crippen molar-refractivity contribution in [3.8, 4) is 0 Å². The topological polar surface area (TPSA) is 75.6 Å². The second-order valence-electron chi connectivity index (χ2n) is 4.15. The SMILES string of the molecule is C[C@@H](CC(=O)O)NC(=O)OC(C)(C)C. The van der Waals surface area contributed by atoms with E-state index in [9.17, 15) is 9.59 Å². The molecule has 0 aromatic carbocycles. The smallest absolute Gasteiger partial charge is 0.407 e. The summed E-state index contributed by atoms with van der Waals surface area (Å²) >= 11 is 0. The van der Waals surface area contributed by atoms with Gasteiger partial charge >= 0.3 is 12.1 Å². The van der Waals surface area contributed by atoms with Gasteiger partial charge in [0.15, 0.2) is 0 Å². The van der Waals surface area contributed by atoms with E-state index in [1.165, 1.54) is 0 Å². The van der Waals surface area contributed by atoms with Gasteiger partial charge in [-0.1, -0.05) is 0 Å². The van der Waals surface area contributed by atoms with Gasteiger partial charge in [0.1, 0.15) is 5.60 Å². The first-order valence-corrected chi connectivity index (χ1v) is 4.42. The number of nitrogens with one attached hydrogen (secondary N) is 1. The van der Waals surface area contributed by atoms with Gasteiger partial charge < -0.3 is 15.2 Å². The van der Waals surface area contributed by atoms with Crippen LogP contribution in [-0.2, 0) is 9.53 Å². The third kappa shape index (κ3) is 7.39. The molecule has 1 atom stereocenters. The molecule has 0 aromatic rings. The average molecular weight is 203 g/mol. The molecule has 0 rings (SSSR count). The normalized spacial score (nSPS) is 13.1. The first kappa shape index (κ1) is 12.7. The molecule has 5 nitrogen and oxygen atoms in total. The Morgan fingerprint density at radius 3 is 2.29 bits per heavy atom. The summed E-state index contributed by atoms with van der Waals surface area (Å²) < 4.78 is 4.95. The molecule has 0 spiro atoms. The fraction of sp³-hybridized carbons (Fsp3) is 0.778. The predicted octanol–water partition coefficient (Wildman–Crippen LogP) is 1.37. The van der Waals surface area contributed by atoms with Crippen molar-refractivity contribution in [3.05, 3.63) is 0 Å². The maximum atomic E-state index is 11.1. The quantitative estimate of drug-likeness (QED) is 0.726. The van der Waals surface area contributed by atoms with E-state index in [-0.39, 0.29) is 6.42 Å². The average Bonchev–Trinajstić information content (AvgIpc) is 1.77. The van der Waals surface area contributed by atoms with Crippen molar-refractivity contribution in [2.45, 2.75) is 45.8 Å². The van der Waals surface area contributed by atoms with E-state index in [1.807, 2.05) is 0 Å². The highest BCUT2D eigenvalue weighted by molar-refractivity contribution is 5.71. The van der Waals surface area contributed by atoms with Crippen molar-refractivity contribution in [3.63, 3.8) is 0 Å². The van der Waals surface area contributed by atoms with Gasteiger partial charge in [0.05, 0.1) is 6.42 Å². The fourth-order valence-corrected chi connectivity index (χ4v) is 0.822. The van der Waals surface area contributed by atoms with Crippen LogP contribution in [0.4, 0.5) is 4.79 Å². The van der Waals surface area contributed by atoms with Crippen molar-refractivity contribution < 1.29 is 19.4 Å². The lowest BCUT2D eigenvalue weighted by Gasteiger charge is -2.21. The molecule has 0 radical (unpaired) electrons. The van der Waals surface area contributed by atoms with Gasteiger partial charge in [-0.25, -0.2) is 4.79 Å². The Morgan fingerprint density at radius 1 is 1.43 bits per heavy atom. The Balaban J connectivity index is 3.89. The maximum absolute atomic E-state index is 11.1. The molecule has 14 heavy (non-hydrogen) atoms. The summed E-state index contributed by atoms with van der Waals surface area (Å²) in [7, 11) is 0. The zero-order valence-electron chi connectivity index (χ0n) is 8.96. The fourth-order valence-electron chi connectivity index (χ4n) is 0.822. The Hall–Kier alpha value is -1.26. The van der Waals surface area contributed by atoms with Crippen molar-refractivity contribution in [1.29, 1.82) is 0 Å². The Kier molecular flexibility index (Phi) is 4.40. The Labute approximate surface area is 83.4 Å². The van der Waals surface area contributed by atoms with Crippen molar-refractivity contribution in [2.75, 3.05) is 0 Å². The number of hydrogen-bond acceptors (Lipinski definition) is 3. The lowest BCUT2D eigenvalue weighted by atomic mass is 10.2. The molecule has 0 saturated heterocycles. The first-order chi connectivity index (χ1) is 6.20. The number of carboxylic acid groups (broad SMARTS) is 1. The predicted molar refractivity (Wildman–Crippen MR) is 51.1 cm³/mol. The number of aliphatic carboxylic acids is 1. The van der Waals surface area contributed by atoms with Gasteiger partial charge in [0.25, 0.3) is 0 Å². The number of amides is 1. The molecule has 0 saturated carbocycles. The van der Waals surface area contributed by atoms with E-state index in [0.717, 1.165) is 0 Å². The van der Waals surface area contributed by atoms with Crippen LogP contribution in [0.5, 0.6) is 0 Å². The lowest BCUT2D eigenvalue weighted by molar-refractivity contribution is -0.137. The zero-order valence-corrected chi connectivity index (χ0v) is 8.96. The van der Waals surface area contributed by atoms with Crippen molar-refractivity contribution >= 4 is 12.1 Å². The van der Waals surface area contributed by atoms with Gasteiger partial charge in [-0.05, 0) is 27.7 Å². The van der Waals surface area contributed by atoms with Crippen LogP contribution >= 0.6 is 0 Å². The van der Waals surface area contributed by atoms with Crippen LogP contribution in [-0.4, -0.2) is 28.8 Å². The van der Waals surface area contributed by atoms with Gasteiger partial charge in [-0.3, -0.25) is 4.79 Å². The number of alkyl carbamates (subject to hydrolysis) is 1. The molecule has 0 aliphatic carbocycles. The van der Waals surface area contributed by atoms with Crippen LogP contribution in [0.15, 0.2) is 0 Å². The first-order valence-electron chi connectivity index (χ1n) is 4.42. The minimum atomic E-state index is -0.950. The number of carbonyl (C=O) groups is 2. The van der Waals surface area contributed by atoms with Crippen LogP contribution in [0, 0.1) is 0 Å². The molecule has 0 unspecified atom stereocenters. The van der Waals surface area contributed by atoms with Crippen molar-refractivity contribution in [1.82, 2.24) is 5.32 Å². The number of hydrogen-bond donors (Lipinski definition) is 2. The van der Waals surface area contributed by atoms with E-state index < -0.39 is 23.7 Å². The highest BCUT2D eigenvalue weighted by Crippen LogP contribution is 2.06. The van der Waals surface area contributed by atoms with Gasteiger partial charge in [0.2, 0.25) is 0 Å². The molecule has 82 valence electrons. The second kappa shape index (κ2) is 4.83. The molecule has 1 amide bonds. The van der Waals surface area contributed by atoms with Gasteiger partial charge in [-0.15, -0.1) is 0 Å². The summed E-state index contributed by atoms with van der Waals surface area (Å²) in [5, 5.41) is 10.9. The summed E-state index contributed by atoms with van der Waals surface area (Å²) in [6, 6.07) is -0.428. The summed E-state index contributed by atoms with van der Waals surface area (Å²) in [5.74, 6) is -0.950. The minimum Gasteiger partial charge on any atom is -0.481 e. The summed E-state index contributed by atoms with van der Waals surface area (Å²) in [4.78, 5) is 21.4. The standard InChI is InChI=1S/C9H17NO4/c1-6(5-7(11)12)10-8(13)14-9(2,3)4/h6H,5H2,1-4H3,(H,10,13)(H,11,12)/t6-/m0/s1. The summed E-state index contributed by atoms with van der Waals surface area (Å²) in [6.07, 6.45) is -0.703. The van der Waals surface area contributed by atoms with E-state index in [4.69, 9.17) is 9.84 Å². The number of carbonyl (C=O) groups excluding carboxylic acids is 1. The molecule has 0 heterocycles. The summed E-state index contributed by atoms with van der Waals surface area (Å²) in [6.45, 7) is 6.84. The van der Waals surface area contributed by atoms with Gasteiger partial charge in [0, 0.05) is 6.04 Å². The van der Waals surface area contributed by atoms with E-state index >= 15 is 0 Å². The second-order valence-corrected chi connectivity index (χ2v) is 4.15. The highest BCUT2D eigenvalue weighted by Gasteiger charge is 2.18. The van der Waals surface area contributed by atoms with E-state index in [1.54, 1.807) is 27.7 Å². The number of ether oxygens (including phenoxy) is 1. The number of carboxylic acids is 1. The molecule has 0 aromatic heterocycles. The van der Waals surface area contributed by atoms with E-state index in [0.29, 0.717) is 0 Å². The van der Waals surface area contributed by atoms with Crippen LogP contribution in [0.2, 0.25) is 0 Å². The summed E-state index contributed by atoms with van der Waals surface area (Å²) in [5.41, 5.74) is -0.562. The third-order valence-corrected chi connectivity index (χ3v) is 1.24. The van der Waals surface area contributed by atoms with Crippen LogP contribution in [0.1, 0.15) is 34.1 Å². The molecule has 0 aliphatic rings. The van der Waals surface area contributed by atoms with E-state index in [2.05, 4.69) is 5.32 Å². The highest BCUT2D eigenvalue weighted by atomic mass is 16.6. The van der Waals surface area contributed by atoms with Crippen LogP contribution in [0.25, 0.3) is 0 Å². The van der Waals surface area contributed by atoms with Crippen LogP contribution < -0.4 is 5.32 Å². The van der Waals surface area contributed by atoms with Crippen LogP contribution in [0.3, 0.4) is 0 Å². The number of rotatable bonds is 3. The molecule has 0 aliphatic heterocycles. The largest absolute Gasteiger partial charge is 0.481 e. The molecule has 5 heteroatoms. The Bertz CT molecular complexity index is 219. The molecular weight excluding hydrogens is 186 g/mol. The minimum absolute atomic E-state index is 0.112. The monoisotopic (exact) mass is 203 g/mol. The molecule has 0 bridgehead atoms. The third-order valence-electron chi connectivity index (χ3n) is 1.24.